The van der Waals surface area contributed by atoms with E-state index in [4.69, 9.17) is 0 Å². The number of hydrogen-bond donors (Lipinski definition) is 0. The van der Waals surface area contributed by atoms with Gasteiger partial charge in [0.15, 0.2) is 0 Å². The quantitative estimate of drug-likeness (QED) is 0.338. The summed E-state index contributed by atoms with van der Waals surface area (Å²) in [6.07, 6.45) is 0. The molecule has 0 aromatic heterocycles. The SMILES string of the molecule is [Ti+4].[c-]1[c-][c-][cH-][c-]1. The van der Waals surface area contributed by atoms with E-state index in [0.29, 0.717) is 0 Å². The minimum Gasteiger partial charge on any atom is -0.999 e. The molecule has 0 aliphatic carbocycles. The van der Waals surface area contributed by atoms with Crippen molar-refractivity contribution in [2.75, 3.05) is 0 Å². The summed E-state index contributed by atoms with van der Waals surface area (Å²) in [5.41, 5.74) is 0. The second-order valence-electron chi connectivity index (χ2n) is 0.683. The van der Waals surface area contributed by atoms with Crippen molar-refractivity contribution in [1.29, 1.82) is 0 Å². The van der Waals surface area contributed by atoms with Crippen LogP contribution in [0.3, 0.4) is 0 Å². The van der Waals surface area contributed by atoms with E-state index in [2.05, 4.69) is 24.3 Å². The van der Waals surface area contributed by atoms with E-state index in [1.54, 1.807) is 6.07 Å². The van der Waals surface area contributed by atoms with Gasteiger partial charge in [-0.3, -0.25) is 0 Å². The first-order valence-corrected chi connectivity index (χ1v) is 1.33. The van der Waals surface area contributed by atoms with Crippen molar-refractivity contribution in [3.8, 4) is 0 Å². The molecule has 1 rings (SSSR count). The molecule has 0 N–H and O–H groups in total. The standard InChI is InChI=1S/C5H.Ti/c1-2-4-5-3-1;/h1H;/q-5;+4. The minimum absolute atomic E-state index is 0. The summed E-state index contributed by atoms with van der Waals surface area (Å²) in [4.78, 5) is 0. The fraction of sp³-hybridized carbons (Fsp3) is 0. The molecular weight excluding hydrogens is 108 g/mol. The Kier molecular flexibility index (Phi) is 3.30. The molecule has 0 bridgehead atoms. The first-order chi connectivity index (χ1) is 2.50. The third kappa shape index (κ3) is 1.49. The van der Waals surface area contributed by atoms with Crippen LogP contribution in [0, 0.1) is 24.3 Å². The first-order valence-electron chi connectivity index (χ1n) is 1.33. The van der Waals surface area contributed by atoms with Crippen LogP contribution in [0.1, 0.15) is 0 Å². The fourth-order valence-corrected chi connectivity index (χ4v) is 0.180. The van der Waals surface area contributed by atoms with E-state index in [0.717, 1.165) is 0 Å². The third-order valence-electron chi connectivity index (χ3n) is 0.351. The molecule has 0 saturated heterocycles. The van der Waals surface area contributed by atoms with E-state index in [9.17, 15) is 0 Å². The normalized spacial score (nSPS) is 6.67. The van der Waals surface area contributed by atoms with Gasteiger partial charge in [0, 0.05) is 0 Å². The van der Waals surface area contributed by atoms with Gasteiger partial charge in [-0.05, 0) is 0 Å². The van der Waals surface area contributed by atoms with E-state index >= 15 is 0 Å². The van der Waals surface area contributed by atoms with Gasteiger partial charge in [-0.15, -0.1) is 0 Å². The van der Waals surface area contributed by atoms with Crippen molar-refractivity contribution in [3.63, 3.8) is 0 Å². The molecule has 0 amide bonds. The maximum atomic E-state index is 2.62. The summed E-state index contributed by atoms with van der Waals surface area (Å²) in [5.74, 6) is 0. The maximum Gasteiger partial charge on any atom is 4.00 e. The number of hydrogen-bond acceptors (Lipinski definition) is 0. The molecule has 0 unspecified atom stereocenters. The van der Waals surface area contributed by atoms with Crippen molar-refractivity contribution in [2.24, 2.45) is 0 Å². The molecule has 0 radical (unpaired) electrons. The average Bonchev–Trinajstić information content (AvgIpc) is 1.76. The van der Waals surface area contributed by atoms with Crippen molar-refractivity contribution < 1.29 is 21.7 Å². The Labute approximate surface area is 52.4 Å². The predicted octanol–water partition coefficient (Wildman–Crippen LogP) is 0.604. The molecule has 0 nitrogen and oxygen atoms in total. The molecule has 6 heavy (non-hydrogen) atoms. The van der Waals surface area contributed by atoms with Crippen LogP contribution < -0.4 is 0 Å². The molecule has 1 aromatic carbocycles. The monoisotopic (exact) mass is 109 g/mol. The largest absolute Gasteiger partial charge is 4.00 e. The van der Waals surface area contributed by atoms with Gasteiger partial charge in [-0.2, -0.15) is 0 Å². The van der Waals surface area contributed by atoms with Gasteiger partial charge in [0.05, 0.1) is 0 Å². The summed E-state index contributed by atoms with van der Waals surface area (Å²) >= 11 is 0. The van der Waals surface area contributed by atoms with Crippen LogP contribution in [0.4, 0.5) is 0 Å². The Bertz CT molecular complexity index is 60.4. The van der Waals surface area contributed by atoms with E-state index in [1.807, 2.05) is 0 Å². The Balaban J connectivity index is 0.000000250. The zero-order valence-corrected chi connectivity index (χ0v) is 4.64. The smallest absolute Gasteiger partial charge is 0.999 e. The summed E-state index contributed by atoms with van der Waals surface area (Å²) < 4.78 is 0. The Hall–Kier alpha value is 0.0643. The van der Waals surface area contributed by atoms with Gasteiger partial charge in [0.2, 0.25) is 0 Å². The van der Waals surface area contributed by atoms with Gasteiger partial charge in [-0.1, -0.05) is 0 Å². The Morgan fingerprint density at radius 2 is 1.50 bits per heavy atom. The first kappa shape index (κ1) is 6.06. The molecule has 0 aliphatic heterocycles. The van der Waals surface area contributed by atoms with E-state index in [-0.39, 0.29) is 21.7 Å². The van der Waals surface area contributed by atoms with Crippen molar-refractivity contribution in [3.05, 3.63) is 30.3 Å². The van der Waals surface area contributed by atoms with Crippen LogP contribution in [-0.4, -0.2) is 0 Å². The zero-order chi connectivity index (χ0) is 3.54. The van der Waals surface area contributed by atoms with Gasteiger partial charge >= 0.3 is 21.7 Å². The van der Waals surface area contributed by atoms with Crippen molar-refractivity contribution >= 4 is 0 Å². The van der Waals surface area contributed by atoms with Gasteiger partial charge in [0.1, 0.15) is 0 Å². The zero-order valence-electron chi connectivity index (χ0n) is 3.08. The minimum atomic E-state index is 0. The van der Waals surface area contributed by atoms with Gasteiger partial charge in [0.25, 0.3) is 0 Å². The molecule has 0 heterocycles. The topological polar surface area (TPSA) is 0 Å². The summed E-state index contributed by atoms with van der Waals surface area (Å²) in [7, 11) is 0. The second kappa shape index (κ2) is 3.26. The van der Waals surface area contributed by atoms with Crippen LogP contribution in [0.25, 0.3) is 0 Å². The molecule has 0 spiro atoms. The van der Waals surface area contributed by atoms with Crippen LogP contribution in [0.2, 0.25) is 0 Å². The molecule has 0 saturated carbocycles. The molecule has 0 fully saturated rings. The van der Waals surface area contributed by atoms with Crippen molar-refractivity contribution in [2.45, 2.75) is 0 Å². The molecule has 1 heteroatoms. The van der Waals surface area contributed by atoms with Gasteiger partial charge < -0.3 is 30.3 Å². The van der Waals surface area contributed by atoms with E-state index in [1.165, 1.54) is 0 Å². The molecule has 26 valence electrons. The van der Waals surface area contributed by atoms with Gasteiger partial charge in [-0.25, -0.2) is 0 Å². The Morgan fingerprint density at radius 1 is 1.00 bits per heavy atom. The predicted molar refractivity (Wildman–Crippen MR) is 17.4 cm³/mol. The van der Waals surface area contributed by atoms with Crippen LogP contribution in [0.5, 0.6) is 0 Å². The van der Waals surface area contributed by atoms with Crippen LogP contribution in [-0.2, 0) is 21.7 Å². The summed E-state index contributed by atoms with van der Waals surface area (Å²) in [5, 5.41) is 0. The third-order valence-corrected chi connectivity index (χ3v) is 0.351. The van der Waals surface area contributed by atoms with Crippen LogP contribution >= 0.6 is 0 Å². The van der Waals surface area contributed by atoms with E-state index < -0.39 is 0 Å². The fourth-order valence-electron chi connectivity index (χ4n) is 0.180. The summed E-state index contributed by atoms with van der Waals surface area (Å²) in [6, 6.07) is 12.0. The van der Waals surface area contributed by atoms with Crippen molar-refractivity contribution in [1.82, 2.24) is 0 Å². The Morgan fingerprint density at radius 3 is 1.67 bits per heavy atom. The molecule has 0 aliphatic rings. The molecule has 0 atom stereocenters. The molecule has 1 aromatic rings. The maximum absolute atomic E-state index is 2.62. The number of rotatable bonds is 0. The average molecular weight is 109 g/mol. The van der Waals surface area contributed by atoms with Crippen LogP contribution in [0.15, 0.2) is 6.07 Å². The summed E-state index contributed by atoms with van der Waals surface area (Å²) in [6.45, 7) is 0. The second-order valence-corrected chi connectivity index (χ2v) is 0.683. The molecular formula is C5HTi-.